The minimum absolute atomic E-state index is 0.366. The van der Waals surface area contributed by atoms with E-state index in [-0.39, 0.29) is 0 Å². The molecule has 0 saturated heterocycles. The van der Waals surface area contributed by atoms with Crippen molar-refractivity contribution in [2.24, 2.45) is 5.41 Å². The molecule has 0 bridgehead atoms. The van der Waals surface area contributed by atoms with Gasteiger partial charge in [-0.3, -0.25) is 4.79 Å². The lowest BCUT2D eigenvalue weighted by atomic mass is 10.1. The Morgan fingerprint density at radius 3 is 2.33 bits per heavy atom. The van der Waals surface area contributed by atoms with Gasteiger partial charge >= 0.3 is 11.9 Å². The Morgan fingerprint density at radius 1 is 1.47 bits per heavy atom. The Hall–Kier alpha value is -1.39. The van der Waals surface area contributed by atoms with E-state index in [0.717, 1.165) is 6.08 Å². The summed E-state index contributed by atoms with van der Waals surface area (Å²) in [6.07, 6.45) is 1.16. The second-order valence-corrected chi connectivity index (χ2v) is 3.91. The summed E-state index contributed by atoms with van der Waals surface area (Å²) in [5.74, 6) is -3.32. The van der Waals surface area contributed by atoms with E-state index in [1.54, 1.807) is 13.8 Å². The fourth-order valence-corrected chi connectivity index (χ4v) is 1.13. The van der Waals surface area contributed by atoms with E-state index in [1.165, 1.54) is 0 Å². The lowest BCUT2D eigenvalue weighted by Crippen LogP contribution is -2.16. The van der Waals surface area contributed by atoms with Crippen LogP contribution in [-0.2, 0) is 14.3 Å². The van der Waals surface area contributed by atoms with E-state index in [1.807, 2.05) is 0 Å². The van der Waals surface area contributed by atoms with Crippen molar-refractivity contribution in [3.63, 3.8) is 0 Å². The third-order valence-corrected chi connectivity index (χ3v) is 2.16. The number of ether oxygens (including phenoxy) is 1. The van der Waals surface area contributed by atoms with Crippen molar-refractivity contribution in [1.82, 2.24) is 0 Å². The molecule has 0 unspecified atom stereocenters. The van der Waals surface area contributed by atoms with Gasteiger partial charge in [-0.25, -0.2) is 4.79 Å². The molecule has 0 aromatic carbocycles. The van der Waals surface area contributed by atoms with E-state index in [4.69, 9.17) is 5.11 Å². The molecule has 0 amide bonds. The van der Waals surface area contributed by atoms with Crippen LogP contribution in [0.25, 0.3) is 0 Å². The van der Waals surface area contributed by atoms with Crippen LogP contribution < -0.4 is 0 Å². The second-order valence-electron chi connectivity index (χ2n) is 3.91. The first kappa shape index (κ1) is 11.7. The van der Waals surface area contributed by atoms with Crippen LogP contribution in [0.2, 0.25) is 0 Å². The highest BCUT2D eigenvalue weighted by atomic mass is 19.1. The average Bonchev–Trinajstić information content (AvgIpc) is 2.84. The summed E-state index contributed by atoms with van der Waals surface area (Å²) in [6.45, 7) is 3.19. The van der Waals surface area contributed by atoms with Crippen molar-refractivity contribution in [3.05, 3.63) is 11.9 Å². The van der Waals surface area contributed by atoms with Crippen LogP contribution in [0.1, 0.15) is 26.7 Å². The van der Waals surface area contributed by atoms with E-state index >= 15 is 0 Å². The number of hydrogen-bond donors (Lipinski definition) is 1. The summed E-state index contributed by atoms with van der Waals surface area (Å²) >= 11 is 0. The zero-order chi connectivity index (χ0) is 11.6. The maximum atomic E-state index is 13.2. The maximum Gasteiger partial charge on any atom is 0.367 e. The molecule has 5 heteroatoms. The molecule has 1 fully saturated rings. The lowest BCUT2D eigenvalue weighted by molar-refractivity contribution is -0.144. The van der Waals surface area contributed by atoms with Crippen molar-refractivity contribution in [1.29, 1.82) is 0 Å². The van der Waals surface area contributed by atoms with Crippen LogP contribution in [0.3, 0.4) is 0 Å². The van der Waals surface area contributed by atoms with E-state index in [2.05, 4.69) is 4.74 Å². The summed E-state index contributed by atoms with van der Waals surface area (Å²) in [5.41, 5.74) is -1.18. The smallest absolute Gasteiger partial charge is 0.367 e. The van der Waals surface area contributed by atoms with Crippen LogP contribution in [0.5, 0.6) is 0 Å². The van der Waals surface area contributed by atoms with Crippen molar-refractivity contribution < 1.29 is 23.8 Å². The first-order valence-electron chi connectivity index (χ1n) is 4.70. The minimum atomic E-state index is -1.18. The van der Waals surface area contributed by atoms with E-state index in [9.17, 15) is 14.0 Å². The molecule has 84 valence electrons. The largest absolute Gasteiger partial charge is 0.481 e. The van der Waals surface area contributed by atoms with Gasteiger partial charge in [-0.2, -0.15) is 4.39 Å². The third kappa shape index (κ3) is 2.78. The molecule has 1 aliphatic rings. The fourth-order valence-electron chi connectivity index (χ4n) is 1.13. The predicted molar refractivity (Wildman–Crippen MR) is 49.7 cm³/mol. The summed E-state index contributed by atoms with van der Waals surface area (Å²) in [6, 6.07) is 0. The number of aliphatic carboxylic acids is 1. The summed E-state index contributed by atoms with van der Waals surface area (Å²) in [4.78, 5) is 21.7. The number of rotatable bonds is 4. The van der Waals surface area contributed by atoms with Crippen molar-refractivity contribution in [3.8, 4) is 0 Å². The van der Waals surface area contributed by atoms with Gasteiger partial charge in [0, 0.05) is 0 Å². The Labute approximate surface area is 86.7 Å². The Kier molecular flexibility index (Phi) is 3.12. The first-order valence-corrected chi connectivity index (χ1v) is 4.70. The topological polar surface area (TPSA) is 63.6 Å². The summed E-state index contributed by atoms with van der Waals surface area (Å²) < 4.78 is 17.8. The third-order valence-electron chi connectivity index (χ3n) is 2.16. The first-order chi connectivity index (χ1) is 6.87. The number of carbonyl (C=O) groups is 2. The summed E-state index contributed by atoms with van der Waals surface area (Å²) in [7, 11) is 0. The van der Waals surface area contributed by atoms with Gasteiger partial charge in [0.05, 0.1) is 11.5 Å². The molecular formula is C10H13FO4. The van der Waals surface area contributed by atoms with Gasteiger partial charge in [0.2, 0.25) is 5.83 Å². The minimum Gasteiger partial charge on any atom is -0.481 e. The normalized spacial score (nSPS) is 18.8. The van der Waals surface area contributed by atoms with Crippen molar-refractivity contribution >= 4 is 11.9 Å². The fraction of sp³-hybridized carbons (Fsp3) is 0.600. The highest BCUT2D eigenvalue weighted by molar-refractivity contribution is 5.89. The average molecular weight is 216 g/mol. The van der Waals surface area contributed by atoms with Crippen molar-refractivity contribution in [2.75, 3.05) is 0 Å². The molecular weight excluding hydrogens is 203 g/mol. The Morgan fingerprint density at radius 2 is 2.00 bits per heavy atom. The second kappa shape index (κ2) is 4.00. The molecule has 1 saturated carbocycles. The van der Waals surface area contributed by atoms with E-state index in [0.29, 0.717) is 12.8 Å². The summed E-state index contributed by atoms with van der Waals surface area (Å²) in [5, 5.41) is 8.75. The Bertz CT molecular complexity index is 315. The maximum absolute atomic E-state index is 13.2. The molecule has 0 spiro atoms. The van der Waals surface area contributed by atoms with Gasteiger partial charge in [0.25, 0.3) is 0 Å². The molecule has 0 atom stereocenters. The van der Waals surface area contributed by atoms with Crippen LogP contribution in [-0.4, -0.2) is 23.1 Å². The van der Waals surface area contributed by atoms with Gasteiger partial charge in [-0.1, -0.05) is 0 Å². The SMILES string of the molecule is CC(C)OC(=O)C(F)=CC1(C(=O)O)CC1. The van der Waals surface area contributed by atoms with Gasteiger partial charge in [0.15, 0.2) is 0 Å². The number of hydrogen-bond acceptors (Lipinski definition) is 3. The predicted octanol–water partition coefficient (Wildman–Crippen LogP) is 1.66. The van der Waals surface area contributed by atoms with Crippen LogP contribution in [0.4, 0.5) is 4.39 Å². The highest BCUT2D eigenvalue weighted by Gasteiger charge is 2.49. The van der Waals surface area contributed by atoms with Gasteiger partial charge in [-0.05, 0) is 32.8 Å². The number of esters is 1. The Balaban J connectivity index is 2.68. The molecule has 4 nitrogen and oxygen atoms in total. The molecule has 1 rings (SSSR count). The van der Waals surface area contributed by atoms with Gasteiger partial charge in [-0.15, -0.1) is 0 Å². The standard InChI is InChI=1S/C10H13FO4/c1-6(2)15-8(12)7(11)5-10(3-4-10)9(13)14/h5-6H,3-4H2,1-2H3,(H,13,14). The molecule has 0 heterocycles. The molecule has 1 N–H and O–H groups in total. The quantitative estimate of drug-likeness (QED) is 0.573. The molecule has 0 aromatic heterocycles. The number of carboxylic acids is 1. The number of halogens is 1. The van der Waals surface area contributed by atoms with Crippen LogP contribution >= 0.6 is 0 Å². The van der Waals surface area contributed by atoms with Crippen LogP contribution in [0, 0.1) is 5.41 Å². The zero-order valence-electron chi connectivity index (χ0n) is 8.62. The molecule has 0 radical (unpaired) electrons. The number of carbonyl (C=O) groups excluding carboxylic acids is 1. The molecule has 0 aliphatic heterocycles. The highest BCUT2D eigenvalue weighted by Crippen LogP contribution is 2.48. The van der Waals surface area contributed by atoms with Crippen LogP contribution in [0.15, 0.2) is 11.9 Å². The lowest BCUT2D eigenvalue weighted by Gasteiger charge is -2.07. The molecule has 1 aliphatic carbocycles. The monoisotopic (exact) mass is 216 g/mol. The van der Waals surface area contributed by atoms with Crippen molar-refractivity contribution in [2.45, 2.75) is 32.8 Å². The van der Waals surface area contributed by atoms with Gasteiger partial charge in [0.1, 0.15) is 0 Å². The number of carboxylic acid groups (broad SMARTS) is 1. The molecule has 15 heavy (non-hydrogen) atoms. The van der Waals surface area contributed by atoms with E-state index < -0.39 is 29.3 Å². The molecule has 0 aromatic rings. The van der Waals surface area contributed by atoms with Gasteiger partial charge < -0.3 is 9.84 Å². The zero-order valence-corrected chi connectivity index (χ0v) is 8.62.